The van der Waals surface area contributed by atoms with Gasteiger partial charge in [0.05, 0.1) is 0 Å². The number of rotatable bonds is 2. The molecule has 1 N–H and O–H groups in total. The Hall–Kier alpha value is 0.570. The molecule has 12 heavy (non-hydrogen) atoms. The van der Waals surface area contributed by atoms with Gasteiger partial charge in [-0.3, -0.25) is 0 Å². The van der Waals surface area contributed by atoms with E-state index < -0.39 is 9.90 Å². The molecule has 1 nitrogen and oxygen atoms in total. The van der Waals surface area contributed by atoms with Crippen molar-refractivity contribution in [1.82, 2.24) is 0 Å². The molecule has 0 saturated heterocycles. The molecular weight excluding hydrogens is 218 g/mol. The molecule has 0 amide bonds. The minimum atomic E-state index is -1.55. The molecule has 1 aliphatic carbocycles. The normalized spacial score (nSPS) is 20.8. The van der Waals surface area contributed by atoms with E-state index in [4.69, 9.17) is 34.8 Å². The number of aliphatic hydroxyl groups is 1. The summed E-state index contributed by atoms with van der Waals surface area (Å²) >= 11 is 16.5. The zero-order valence-corrected chi connectivity index (χ0v) is 8.83. The zero-order chi connectivity index (χ0) is 9.19. The van der Waals surface area contributed by atoms with Gasteiger partial charge in [-0.05, 0) is 25.7 Å². The van der Waals surface area contributed by atoms with Crippen LogP contribution >= 0.6 is 34.8 Å². The molecule has 1 atom stereocenters. The molecule has 0 heterocycles. The summed E-state index contributed by atoms with van der Waals surface area (Å²) in [4.78, 5) is 0. The molecular formula is C8H11Cl3O. The van der Waals surface area contributed by atoms with Crippen molar-refractivity contribution in [3.8, 4) is 0 Å². The fraction of sp³-hybridized carbons (Fsp3) is 0.750. The summed E-state index contributed by atoms with van der Waals surface area (Å²) in [5.74, 6) is 0. The zero-order valence-electron chi connectivity index (χ0n) is 6.56. The summed E-state index contributed by atoms with van der Waals surface area (Å²) in [5.41, 5.74) is 1.20. The van der Waals surface area contributed by atoms with Crippen molar-refractivity contribution < 1.29 is 5.11 Å². The van der Waals surface area contributed by atoms with Crippen LogP contribution in [0.3, 0.4) is 0 Å². The lowest BCUT2D eigenvalue weighted by atomic mass is 10.1. The molecule has 4 heteroatoms. The number of hydrogen-bond donors (Lipinski definition) is 1. The summed E-state index contributed by atoms with van der Waals surface area (Å²) in [6.07, 6.45) is 4.98. The second-order valence-electron chi connectivity index (χ2n) is 3.02. The van der Waals surface area contributed by atoms with Gasteiger partial charge in [0.15, 0.2) is 0 Å². The van der Waals surface area contributed by atoms with Gasteiger partial charge in [-0.15, -0.1) is 0 Å². The van der Waals surface area contributed by atoms with Gasteiger partial charge in [0.25, 0.3) is 0 Å². The van der Waals surface area contributed by atoms with E-state index in [0.717, 1.165) is 19.3 Å². The van der Waals surface area contributed by atoms with Crippen LogP contribution in [0, 0.1) is 0 Å². The Morgan fingerprint density at radius 3 is 2.58 bits per heavy atom. The highest BCUT2D eigenvalue weighted by atomic mass is 35.6. The highest BCUT2D eigenvalue weighted by Crippen LogP contribution is 2.35. The van der Waals surface area contributed by atoms with Crippen LogP contribution in [-0.2, 0) is 0 Å². The van der Waals surface area contributed by atoms with Crippen LogP contribution in [0.4, 0.5) is 0 Å². The lowest BCUT2D eigenvalue weighted by Gasteiger charge is -2.19. The van der Waals surface area contributed by atoms with Crippen LogP contribution in [-0.4, -0.2) is 15.0 Å². The minimum Gasteiger partial charge on any atom is -0.388 e. The van der Waals surface area contributed by atoms with E-state index in [1.165, 1.54) is 5.57 Å². The Bertz CT molecular complexity index is 183. The Morgan fingerprint density at radius 1 is 1.50 bits per heavy atom. The largest absolute Gasteiger partial charge is 0.388 e. The summed E-state index contributed by atoms with van der Waals surface area (Å²) in [5, 5.41) is 9.41. The van der Waals surface area contributed by atoms with Crippen molar-refractivity contribution in [2.24, 2.45) is 0 Å². The van der Waals surface area contributed by atoms with Gasteiger partial charge < -0.3 is 5.11 Å². The van der Waals surface area contributed by atoms with Gasteiger partial charge in [0, 0.05) is 0 Å². The lowest BCUT2D eigenvalue weighted by Crippen LogP contribution is -2.25. The number of alkyl halides is 3. The molecule has 1 rings (SSSR count). The lowest BCUT2D eigenvalue weighted by molar-refractivity contribution is 0.178. The first kappa shape index (κ1) is 10.6. The van der Waals surface area contributed by atoms with Crippen LogP contribution in [0.5, 0.6) is 0 Å². The predicted octanol–water partition coefficient (Wildman–Crippen LogP) is 3.22. The highest BCUT2D eigenvalue weighted by molar-refractivity contribution is 6.68. The van der Waals surface area contributed by atoms with Crippen molar-refractivity contribution in [1.29, 1.82) is 0 Å². The van der Waals surface area contributed by atoms with Crippen LogP contribution in [0.1, 0.15) is 25.7 Å². The second kappa shape index (κ2) is 4.19. The van der Waals surface area contributed by atoms with Crippen molar-refractivity contribution >= 4 is 34.8 Å². The average Bonchev–Trinajstić information content (AvgIpc) is 2.37. The molecule has 0 aromatic rings. The Labute approximate surface area is 87.3 Å². The van der Waals surface area contributed by atoms with Gasteiger partial charge in [-0.2, -0.15) is 0 Å². The van der Waals surface area contributed by atoms with E-state index in [2.05, 4.69) is 6.08 Å². The van der Waals surface area contributed by atoms with Crippen molar-refractivity contribution in [2.45, 2.75) is 35.6 Å². The molecule has 0 aromatic carbocycles. The fourth-order valence-corrected chi connectivity index (χ4v) is 1.52. The maximum Gasteiger partial charge on any atom is 0.216 e. The Balaban J connectivity index is 2.40. The minimum absolute atomic E-state index is 0.483. The van der Waals surface area contributed by atoms with E-state index >= 15 is 0 Å². The number of allylic oxidation sites excluding steroid dienone is 1. The molecule has 0 bridgehead atoms. The van der Waals surface area contributed by atoms with E-state index in [1.54, 1.807) is 0 Å². The summed E-state index contributed by atoms with van der Waals surface area (Å²) < 4.78 is -1.55. The molecule has 0 radical (unpaired) electrons. The molecule has 1 aliphatic rings. The number of aliphatic hydroxyl groups excluding tert-OH is 1. The fourth-order valence-electron chi connectivity index (χ4n) is 1.29. The summed E-state index contributed by atoms with van der Waals surface area (Å²) in [7, 11) is 0. The second-order valence-corrected chi connectivity index (χ2v) is 5.39. The molecule has 0 fully saturated rings. The first-order valence-electron chi connectivity index (χ1n) is 3.93. The monoisotopic (exact) mass is 228 g/mol. The number of halogens is 3. The van der Waals surface area contributed by atoms with Crippen molar-refractivity contribution in [3.63, 3.8) is 0 Å². The molecule has 0 aliphatic heterocycles. The van der Waals surface area contributed by atoms with Crippen LogP contribution < -0.4 is 0 Å². The smallest absolute Gasteiger partial charge is 0.216 e. The maximum absolute atomic E-state index is 9.41. The third-order valence-electron chi connectivity index (χ3n) is 1.97. The predicted molar refractivity (Wildman–Crippen MR) is 52.8 cm³/mol. The first-order chi connectivity index (χ1) is 5.50. The van der Waals surface area contributed by atoms with Gasteiger partial charge in [0.2, 0.25) is 3.79 Å². The Kier molecular flexibility index (Phi) is 3.72. The molecule has 0 aromatic heterocycles. The van der Waals surface area contributed by atoms with Crippen molar-refractivity contribution in [2.75, 3.05) is 0 Å². The Morgan fingerprint density at radius 2 is 2.17 bits per heavy atom. The van der Waals surface area contributed by atoms with E-state index in [0.29, 0.717) is 6.42 Å². The molecule has 0 saturated carbocycles. The van der Waals surface area contributed by atoms with E-state index in [9.17, 15) is 5.11 Å². The van der Waals surface area contributed by atoms with Crippen LogP contribution in [0.2, 0.25) is 0 Å². The average molecular weight is 230 g/mol. The third kappa shape index (κ3) is 3.14. The van der Waals surface area contributed by atoms with E-state index in [-0.39, 0.29) is 0 Å². The van der Waals surface area contributed by atoms with Gasteiger partial charge >= 0.3 is 0 Å². The van der Waals surface area contributed by atoms with Gasteiger partial charge in [-0.25, -0.2) is 0 Å². The van der Waals surface area contributed by atoms with Gasteiger partial charge in [0.1, 0.15) is 6.10 Å². The van der Waals surface area contributed by atoms with Crippen LogP contribution in [0.15, 0.2) is 11.6 Å². The maximum atomic E-state index is 9.41. The van der Waals surface area contributed by atoms with E-state index in [1.807, 2.05) is 0 Å². The summed E-state index contributed by atoms with van der Waals surface area (Å²) in [6.45, 7) is 0. The third-order valence-corrected chi connectivity index (χ3v) is 2.72. The van der Waals surface area contributed by atoms with Crippen LogP contribution in [0.25, 0.3) is 0 Å². The van der Waals surface area contributed by atoms with Crippen molar-refractivity contribution in [3.05, 3.63) is 11.6 Å². The topological polar surface area (TPSA) is 20.2 Å². The molecule has 0 unspecified atom stereocenters. The first-order valence-corrected chi connectivity index (χ1v) is 5.06. The van der Waals surface area contributed by atoms with Gasteiger partial charge in [-0.1, -0.05) is 46.5 Å². The molecule has 70 valence electrons. The summed E-state index contributed by atoms with van der Waals surface area (Å²) in [6, 6.07) is 0. The molecule has 0 spiro atoms. The standard InChI is InChI=1S/C8H11Cl3O/c9-8(10,11)7(12)5-6-3-1-2-4-6/h3,7,12H,1-2,4-5H2/t7-/m0/s1. The number of hydrogen-bond acceptors (Lipinski definition) is 1. The SMILES string of the molecule is O[C@@H](CC1=CCCC1)C(Cl)(Cl)Cl. The quantitative estimate of drug-likeness (QED) is 0.569. The highest BCUT2D eigenvalue weighted by Gasteiger charge is 2.31.